The van der Waals surface area contributed by atoms with Gasteiger partial charge >= 0.3 is 0 Å². The number of pyridine rings is 1. The molecule has 0 radical (unpaired) electrons. The molecule has 92 valence electrons. The standard InChI is InChI=1S/C14H21N3/c1-10(2)14-11(3)7-12(8-15-14)9-16-17(4)13-5-6-13/h7-10,13H,5-6H2,1-4H3/b16-9+. The Balaban J connectivity index is 2.08. The summed E-state index contributed by atoms with van der Waals surface area (Å²) >= 11 is 0. The van der Waals surface area contributed by atoms with Gasteiger partial charge in [0.05, 0.1) is 6.21 Å². The molecule has 3 nitrogen and oxygen atoms in total. The summed E-state index contributed by atoms with van der Waals surface area (Å²) in [7, 11) is 2.04. The molecule has 0 saturated heterocycles. The first-order chi connectivity index (χ1) is 8.08. The van der Waals surface area contributed by atoms with Crippen LogP contribution in [0.5, 0.6) is 0 Å². The van der Waals surface area contributed by atoms with Crippen molar-refractivity contribution in [2.24, 2.45) is 5.10 Å². The van der Waals surface area contributed by atoms with E-state index in [9.17, 15) is 0 Å². The van der Waals surface area contributed by atoms with Crippen molar-refractivity contribution < 1.29 is 0 Å². The molecule has 0 amide bonds. The molecular formula is C14H21N3. The Morgan fingerprint density at radius 2 is 2.18 bits per heavy atom. The number of nitrogens with zero attached hydrogens (tertiary/aromatic N) is 3. The lowest BCUT2D eigenvalue weighted by atomic mass is 10.0. The molecule has 0 aromatic carbocycles. The molecule has 0 bridgehead atoms. The van der Waals surface area contributed by atoms with Gasteiger partial charge in [-0.15, -0.1) is 0 Å². The Morgan fingerprint density at radius 3 is 2.71 bits per heavy atom. The summed E-state index contributed by atoms with van der Waals surface area (Å²) in [6.07, 6.45) is 6.36. The Morgan fingerprint density at radius 1 is 1.47 bits per heavy atom. The van der Waals surface area contributed by atoms with Crippen LogP contribution in [0.25, 0.3) is 0 Å². The van der Waals surface area contributed by atoms with E-state index in [0.29, 0.717) is 12.0 Å². The van der Waals surface area contributed by atoms with Gasteiger partial charge in [0.2, 0.25) is 0 Å². The van der Waals surface area contributed by atoms with Gasteiger partial charge in [0.1, 0.15) is 0 Å². The Labute approximate surface area is 104 Å². The lowest BCUT2D eigenvalue weighted by molar-refractivity contribution is 0.346. The molecule has 1 saturated carbocycles. The Kier molecular flexibility index (Phi) is 3.46. The minimum Gasteiger partial charge on any atom is -0.297 e. The van der Waals surface area contributed by atoms with Gasteiger partial charge in [-0.3, -0.25) is 9.99 Å². The molecule has 2 rings (SSSR count). The molecule has 0 atom stereocenters. The second kappa shape index (κ2) is 4.86. The highest BCUT2D eigenvalue weighted by Gasteiger charge is 2.25. The maximum absolute atomic E-state index is 4.51. The first kappa shape index (κ1) is 12.1. The number of hydrogen-bond acceptors (Lipinski definition) is 3. The highest BCUT2D eigenvalue weighted by atomic mass is 15.5. The second-order valence-corrected chi connectivity index (χ2v) is 5.17. The normalized spacial score (nSPS) is 15.8. The first-order valence-corrected chi connectivity index (χ1v) is 6.31. The van der Waals surface area contributed by atoms with E-state index in [0.717, 1.165) is 5.56 Å². The van der Waals surface area contributed by atoms with Gasteiger partial charge in [0, 0.05) is 30.5 Å². The van der Waals surface area contributed by atoms with Crippen LogP contribution >= 0.6 is 0 Å². The number of rotatable bonds is 4. The van der Waals surface area contributed by atoms with E-state index in [1.165, 1.54) is 24.1 Å². The maximum Gasteiger partial charge on any atom is 0.0558 e. The molecular weight excluding hydrogens is 210 g/mol. The van der Waals surface area contributed by atoms with E-state index >= 15 is 0 Å². The lowest BCUT2D eigenvalue weighted by Gasteiger charge is -2.11. The Hall–Kier alpha value is -1.38. The molecule has 0 aliphatic heterocycles. The fourth-order valence-electron chi connectivity index (χ4n) is 1.98. The van der Waals surface area contributed by atoms with Crippen molar-refractivity contribution in [3.05, 3.63) is 29.1 Å². The van der Waals surface area contributed by atoms with Crippen LogP contribution in [0.15, 0.2) is 17.4 Å². The van der Waals surface area contributed by atoms with Gasteiger partial charge in [-0.2, -0.15) is 5.10 Å². The number of aromatic nitrogens is 1. The molecule has 1 aromatic rings. The molecule has 3 heteroatoms. The largest absolute Gasteiger partial charge is 0.297 e. The van der Waals surface area contributed by atoms with Gasteiger partial charge in [-0.05, 0) is 37.3 Å². The third-order valence-electron chi connectivity index (χ3n) is 3.15. The van der Waals surface area contributed by atoms with Crippen molar-refractivity contribution in [2.45, 2.75) is 45.6 Å². The van der Waals surface area contributed by atoms with Crippen LogP contribution in [0.4, 0.5) is 0 Å². The lowest BCUT2D eigenvalue weighted by Crippen LogP contribution is -2.13. The summed E-state index contributed by atoms with van der Waals surface area (Å²) in [5.74, 6) is 0.482. The van der Waals surface area contributed by atoms with E-state index in [2.05, 4.69) is 36.9 Å². The van der Waals surface area contributed by atoms with Crippen LogP contribution in [-0.2, 0) is 0 Å². The van der Waals surface area contributed by atoms with E-state index < -0.39 is 0 Å². The second-order valence-electron chi connectivity index (χ2n) is 5.17. The van der Waals surface area contributed by atoms with E-state index in [1.54, 1.807) is 0 Å². The van der Waals surface area contributed by atoms with E-state index in [4.69, 9.17) is 0 Å². The SMILES string of the molecule is Cc1cc(/C=N/N(C)C2CC2)cnc1C(C)C. The van der Waals surface area contributed by atoms with Crippen LogP contribution in [0.3, 0.4) is 0 Å². The molecule has 1 heterocycles. The summed E-state index contributed by atoms with van der Waals surface area (Å²) in [6.45, 7) is 6.46. The molecule has 1 aliphatic carbocycles. The molecule has 17 heavy (non-hydrogen) atoms. The van der Waals surface area contributed by atoms with Crippen LogP contribution in [-0.4, -0.2) is 29.3 Å². The van der Waals surface area contributed by atoms with Crippen molar-refractivity contribution in [2.75, 3.05) is 7.05 Å². The molecule has 1 aliphatic rings. The summed E-state index contributed by atoms with van der Waals surface area (Å²) in [5, 5.41) is 6.49. The topological polar surface area (TPSA) is 28.5 Å². The third kappa shape index (κ3) is 3.05. The van der Waals surface area contributed by atoms with Crippen LogP contribution in [0.2, 0.25) is 0 Å². The van der Waals surface area contributed by atoms with Crippen molar-refractivity contribution in [3.8, 4) is 0 Å². The molecule has 0 N–H and O–H groups in total. The fraction of sp³-hybridized carbons (Fsp3) is 0.571. The first-order valence-electron chi connectivity index (χ1n) is 6.31. The van der Waals surface area contributed by atoms with E-state index in [1.807, 2.05) is 24.5 Å². The molecule has 1 fully saturated rings. The van der Waals surface area contributed by atoms with Gasteiger partial charge < -0.3 is 0 Å². The number of hydrazone groups is 1. The zero-order valence-electron chi connectivity index (χ0n) is 11.1. The minimum atomic E-state index is 0.482. The molecule has 0 spiro atoms. The monoisotopic (exact) mass is 231 g/mol. The van der Waals surface area contributed by atoms with Crippen LogP contribution in [0.1, 0.15) is 49.4 Å². The zero-order chi connectivity index (χ0) is 12.4. The summed E-state index contributed by atoms with van der Waals surface area (Å²) in [5.41, 5.74) is 3.51. The predicted molar refractivity (Wildman–Crippen MR) is 71.4 cm³/mol. The smallest absolute Gasteiger partial charge is 0.0558 e. The van der Waals surface area contributed by atoms with Gasteiger partial charge in [-0.1, -0.05) is 13.8 Å². The number of aryl methyl sites for hydroxylation is 1. The zero-order valence-corrected chi connectivity index (χ0v) is 11.1. The molecule has 0 unspecified atom stereocenters. The predicted octanol–water partition coefficient (Wildman–Crippen LogP) is 2.94. The average molecular weight is 231 g/mol. The van der Waals surface area contributed by atoms with Gasteiger partial charge in [0.25, 0.3) is 0 Å². The quantitative estimate of drug-likeness (QED) is 0.589. The van der Waals surface area contributed by atoms with Crippen LogP contribution in [0, 0.1) is 6.92 Å². The van der Waals surface area contributed by atoms with Crippen LogP contribution < -0.4 is 0 Å². The fourth-order valence-corrected chi connectivity index (χ4v) is 1.98. The Bertz CT molecular complexity index is 419. The number of hydrogen-bond donors (Lipinski definition) is 0. The average Bonchev–Trinajstić information content (AvgIpc) is 3.09. The van der Waals surface area contributed by atoms with Gasteiger partial charge in [-0.25, -0.2) is 0 Å². The highest BCUT2D eigenvalue weighted by Crippen LogP contribution is 2.25. The van der Waals surface area contributed by atoms with E-state index in [-0.39, 0.29) is 0 Å². The third-order valence-corrected chi connectivity index (χ3v) is 3.15. The van der Waals surface area contributed by atoms with Crippen molar-refractivity contribution in [3.63, 3.8) is 0 Å². The minimum absolute atomic E-state index is 0.482. The highest BCUT2D eigenvalue weighted by molar-refractivity contribution is 5.79. The van der Waals surface area contributed by atoms with Crippen molar-refractivity contribution in [1.29, 1.82) is 0 Å². The summed E-state index contributed by atoms with van der Waals surface area (Å²) in [4.78, 5) is 4.51. The van der Waals surface area contributed by atoms with Crippen molar-refractivity contribution in [1.82, 2.24) is 9.99 Å². The summed E-state index contributed by atoms with van der Waals surface area (Å²) < 4.78 is 0. The maximum atomic E-state index is 4.51. The van der Waals surface area contributed by atoms with Gasteiger partial charge in [0.15, 0.2) is 0 Å². The molecule has 1 aromatic heterocycles. The van der Waals surface area contributed by atoms with Crippen molar-refractivity contribution >= 4 is 6.21 Å². The summed E-state index contributed by atoms with van der Waals surface area (Å²) in [6, 6.07) is 2.82.